The molecule has 1 heteroatoms. The number of rotatable bonds is 2. The maximum atomic E-state index is 2.58. The Labute approximate surface area is 77.1 Å². The number of piperidine rings is 1. The van der Waals surface area contributed by atoms with Crippen molar-refractivity contribution in [2.75, 3.05) is 7.05 Å². The topological polar surface area (TPSA) is 3.24 Å². The molecule has 0 aromatic heterocycles. The van der Waals surface area contributed by atoms with Gasteiger partial charge < -0.3 is 0 Å². The predicted octanol–water partition coefficient (Wildman–Crippen LogP) is 3.05. The number of nitrogens with zero attached hydrogens (tertiary/aromatic N) is 1. The Morgan fingerprint density at radius 2 is 2.17 bits per heavy atom. The highest BCUT2D eigenvalue weighted by molar-refractivity contribution is 4.90. The highest BCUT2D eigenvalue weighted by Crippen LogP contribution is 2.33. The van der Waals surface area contributed by atoms with Crippen LogP contribution in [-0.4, -0.2) is 23.5 Å². The lowest BCUT2D eigenvalue weighted by Gasteiger charge is -2.46. The summed E-state index contributed by atoms with van der Waals surface area (Å²) < 4.78 is 0. The van der Waals surface area contributed by atoms with Gasteiger partial charge in [0.15, 0.2) is 0 Å². The summed E-state index contributed by atoms with van der Waals surface area (Å²) in [4.78, 5) is 2.58. The molecule has 1 nitrogen and oxygen atoms in total. The molecular formula is C11H23N. The van der Waals surface area contributed by atoms with Crippen LogP contribution in [0.25, 0.3) is 0 Å². The molecule has 0 radical (unpaired) electrons. The van der Waals surface area contributed by atoms with Gasteiger partial charge in [-0.05, 0) is 40.2 Å². The Bertz CT molecular complexity index is 140. The van der Waals surface area contributed by atoms with Crippen molar-refractivity contribution in [3.63, 3.8) is 0 Å². The molecule has 1 aliphatic heterocycles. The van der Waals surface area contributed by atoms with Gasteiger partial charge in [0.05, 0.1) is 0 Å². The summed E-state index contributed by atoms with van der Waals surface area (Å²) in [5, 5.41) is 0. The minimum Gasteiger partial charge on any atom is -0.298 e. The number of likely N-dealkylation sites (tertiary alicyclic amines) is 1. The minimum atomic E-state index is 0.492. The second-order valence-electron chi connectivity index (χ2n) is 4.60. The Morgan fingerprint density at radius 1 is 1.50 bits per heavy atom. The third kappa shape index (κ3) is 1.82. The van der Waals surface area contributed by atoms with E-state index in [1.165, 1.54) is 32.1 Å². The van der Waals surface area contributed by atoms with E-state index >= 15 is 0 Å². The average molecular weight is 169 g/mol. The molecular weight excluding hydrogens is 146 g/mol. The first kappa shape index (κ1) is 10.0. The van der Waals surface area contributed by atoms with Crippen molar-refractivity contribution >= 4 is 0 Å². The molecule has 72 valence electrons. The van der Waals surface area contributed by atoms with Crippen LogP contribution in [0.3, 0.4) is 0 Å². The lowest BCUT2D eigenvalue weighted by atomic mass is 9.82. The molecule has 2 unspecified atom stereocenters. The SMILES string of the molecule is CCCC1(C)CCCC(C)N1C. The van der Waals surface area contributed by atoms with Gasteiger partial charge in [0.2, 0.25) is 0 Å². The molecule has 1 rings (SSSR count). The second kappa shape index (κ2) is 3.78. The standard InChI is InChI=1S/C11H23N/c1-5-8-11(3)9-6-7-10(2)12(11)4/h10H,5-9H2,1-4H3. The van der Waals surface area contributed by atoms with E-state index in [9.17, 15) is 0 Å². The number of hydrogen-bond acceptors (Lipinski definition) is 1. The zero-order chi connectivity index (χ0) is 9.19. The van der Waals surface area contributed by atoms with E-state index in [1.54, 1.807) is 0 Å². The highest BCUT2D eigenvalue weighted by atomic mass is 15.2. The van der Waals surface area contributed by atoms with Crippen molar-refractivity contribution in [2.24, 2.45) is 0 Å². The Balaban J connectivity index is 2.60. The van der Waals surface area contributed by atoms with Crippen molar-refractivity contribution in [1.29, 1.82) is 0 Å². The van der Waals surface area contributed by atoms with Crippen LogP contribution < -0.4 is 0 Å². The van der Waals surface area contributed by atoms with E-state index < -0.39 is 0 Å². The first-order valence-electron chi connectivity index (χ1n) is 5.33. The summed E-state index contributed by atoms with van der Waals surface area (Å²) in [6, 6.07) is 0.787. The zero-order valence-corrected chi connectivity index (χ0v) is 9.06. The molecule has 0 spiro atoms. The predicted molar refractivity (Wildman–Crippen MR) is 54.4 cm³/mol. The van der Waals surface area contributed by atoms with Crippen molar-refractivity contribution in [3.8, 4) is 0 Å². The Kier molecular flexibility index (Phi) is 3.16. The van der Waals surface area contributed by atoms with Crippen LogP contribution in [-0.2, 0) is 0 Å². The van der Waals surface area contributed by atoms with E-state index in [1.807, 2.05) is 0 Å². The summed E-state index contributed by atoms with van der Waals surface area (Å²) in [6.45, 7) is 7.07. The molecule has 2 atom stereocenters. The molecule has 0 aromatic rings. The molecule has 0 amide bonds. The molecule has 1 fully saturated rings. The van der Waals surface area contributed by atoms with Gasteiger partial charge in [0.1, 0.15) is 0 Å². The molecule has 0 bridgehead atoms. The molecule has 12 heavy (non-hydrogen) atoms. The third-order valence-electron chi connectivity index (χ3n) is 3.64. The zero-order valence-electron chi connectivity index (χ0n) is 9.06. The van der Waals surface area contributed by atoms with Crippen molar-refractivity contribution < 1.29 is 0 Å². The van der Waals surface area contributed by atoms with Gasteiger partial charge in [-0.15, -0.1) is 0 Å². The lowest BCUT2D eigenvalue weighted by Crippen LogP contribution is -2.51. The summed E-state index contributed by atoms with van der Waals surface area (Å²) in [5.74, 6) is 0. The van der Waals surface area contributed by atoms with Gasteiger partial charge in [-0.3, -0.25) is 4.90 Å². The van der Waals surface area contributed by atoms with Crippen molar-refractivity contribution in [2.45, 2.75) is 64.5 Å². The molecule has 1 aliphatic rings. The van der Waals surface area contributed by atoms with Gasteiger partial charge in [-0.1, -0.05) is 19.8 Å². The fourth-order valence-corrected chi connectivity index (χ4v) is 2.52. The molecule has 0 aliphatic carbocycles. The van der Waals surface area contributed by atoms with Crippen LogP contribution >= 0.6 is 0 Å². The van der Waals surface area contributed by atoms with E-state index in [-0.39, 0.29) is 0 Å². The smallest absolute Gasteiger partial charge is 0.0181 e. The largest absolute Gasteiger partial charge is 0.298 e. The Morgan fingerprint density at radius 3 is 2.75 bits per heavy atom. The Hall–Kier alpha value is -0.0400. The first-order valence-corrected chi connectivity index (χ1v) is 5.33. The van der Waals surface area contributed by atoms with Crippen LogP contribution in [0.2, 0.25) is 0 Å². The van der Waals surface area contributed by atoms with Gasteiger partial charge in [-0.25, -0.2) is 0 Å². The molecule has 0 aromatic carbocycles. The van der Waals surface area contributed by atoms with Gasteiger partial charge in [0, 0.05) is 11.6 Å². The fraction of sp³-hybridized carbons (Fsp3) is 1.00. The van der Waals surface area contributed by atoms with E-state index in [4.69, 9.17) is 0 Å². The van der Waals surface area contributed by atoms with Gasteiger partial charge in [0.25, 0.3) is 0 Å². The van der Waals surface area contributed by atoms with Crippen LogP contribution in [0.1, 0.15) is 52.9 Å². The van der Waals surface area contributed by atoms with Gasteiger partial charge >= 0.3 is 0 Å². The summed E-state index contributed by atoms with van der Waals surface area (Å²) >= 11 is 0. The summed E-state index contributed by atoms with van der Waals surface area (Å²) in [6.07, 6.45) is 6.86. The normalized spacial score (nSPS) is 38.5. The van der Waals surface area contributed by atoms with Gasteiger partial charge in [-0.2, -0.15) is 0 Å². The van der Waals surface area contributed by atoms with Crippen molar-refractivity contribution in [1.82, 2.24) is 4.90 Å². The molecule has 1 heterocycles. The minimum absolute atomic E-state index is 0.492. The first-order chi connectivity index (χ1) is 5.60. The van der Waals surface area contributed by atoms with Crippen LogP contribution in [0.15, 0.2) is 0 Å². The fourth-order valence-electron chi connectivity index (χ4n) is 2.52. The summed E-state index contributed by atoms with van der Waals surface area (Å²) in [5.41, 5.74) is 0.492. The maximum absolute atomic E-state index is 2.58. The molecule has 0 saturated carbocycles. The van der Waals surface area contributed by atoms with Crippen LogP contribution in [0.5, 0.6) is 0 Å². The van der Waals surface area contributed by atoms with E-state index in [0.29, 0.717) is 5.54 Å². The highest BCUT2D eigenvalue weighted by Gasteiger charge is 2.34. The summed E-state index contributed by atoms with van der Waals surface area (Å²) in [7, 11) is 2.29. The monoisotopic (exact) mass is 169 g/mol. The quantitative estimate of drug-likeness (QED) is 0.614. The van der Waals surface area contributed by atoms with Crippen LogP contribution in [0.4, 0.5) is 0 Å². The number of hydrogen-bond donors (Lipinski definition) is 0. The van der Waals surface area contributed by atoms with E-state index in [0.717, 1.165) is 6.04 Å². The molecule has 0 N–H and O–H groups in total. The average Bonchev–Trinajstić information content (AvgIpc) is 2.01. The van der Waals surface area contributed by atoms with E-state index in [2.05, 4.69) is 32.7 Å². The lowest BCUT2D eigenvalue weighted by molar-refractivity contribution is 0.0377. The third-order valence-corrected chi connectivity index (χ3v) is 3.64. The van der Waals surface area contributed by atoms with Crippen molar-refractivity contribution in [3.05, 3.63) is 0 Å². The van der Waals surface area contributed by atoms with Crippen LogP contribution in [0, 0.1) is 0 Å². The maximum Gasteiger partial charge on any atom is 0.0181 e. The molecule has 1 saturated heterocycles. The second-order valence-corrected chi connectivity index (χ2v) is 4.60.